The molecule has 3 aromatic rings. The lowest BCUT2D eigenvalue weighted by Crippen LogP contribution is -2.16. The van der Waals surface area contributed by atoms with Crippen LogP contribution >= 0.6 is 0 Å². The van der Waals surface area contributed by atoms with Crippen molar-refractivity contribution in [2.45, 2.75) is 31.1 Å². The number of amides is 1. The third-order valence-corrected chi connectivity index (χ3v) is 5.63. The van der Waals surface area contributed by atoms with Gasteiger partial charge in [-0.05, 0) is 65.6 Å². The zero-order chi connectivity index (χ0) is 23.5. The molecule has 3 N–H and O–H groups in total. The fraction of sp³-hybridized carbons (Fsp3) is 0.167. The summed E-state index contributed by atoms with van der Waals surface area (Å²) in [6.45, 7) is 6.14. The second-order valence-corrected chi connectivity index (χ2v) is 9.79. The zero-order valence-electron chi connectivity index (χ0n) is 17.9. The molecule has 0 spiro atoms. The second-order valence-electron chi connectivity index (χ2n) is 8.23. The number of hydrogen-bond acceptors (Lipinski definition) is 5. The number of carbonyl (C=O) groups excluding carboxylic acids is 1. The molecule has 7 nitrogen and oxygen atoms in total. The number of rotatable bonds is 5. The van der Waals surface area contributed by atoms with E-state index >= 15 is 0 Å². The van der Waals surface area contributed by atoms with Crippen molar-refractivity contribution < 1.29 is 22.2 Å². The van der Waals surface area contributed by atoms with E-state index in [9.17, 15) is 13.2 Å². The summed E-state index contributed by atoms with van der Waals surface area (Å²) in [6.07, 6.45) is 0. The Bertz CT molecular complexity index is 1320. The Morgan fingerprint density at radius 1 is 1.06 bits per heavy atom. The molecular weight excluding hydrogens is 426 g/mol. The Hall–Kier alpha value is -3.67. The largest absolute Gasteiger partial charge is 0.457 e. The maximum Gasteiger partial charge on any atom is 0.259 e. The van der Waals surface area contributed by atoms with Crippen molar-refractivity contribution in [2.24, 2.45) is 5.14 Å². The van der Waals surface area contributed by atoms with Crippen LogP contribution in [0, 0.1) is 11.3 Å². The highest BCUT2D eigenvalue weighted by atomic mass is 32.2. The van der Waals surface area contributed by atoms with Gasteiger partial charge in [0.1, 0.15) is 11.5 Å². The molecule has 170 valence electrons. The first-order chi connectivity index (χ1) is 15.0. The zero-order valence-corrected chi connectivity index (χ0v) is 18.7. The quantitative estimate of drug-likeness (QED) is 0.541. The Morgan fingerprint density at radius 3 is 2.34 bits per heavy atom. The van der Waals surface area contributed by atoms with Gasteiger partial charge in [-0.3, -0.25) is 4.79 Å². The van der Waals surface area contributed by atoms with E-state index in [1.165, 1.54) is 18.2 Å². The summed E-state index contributed by atoms with van der Waals surface area (Å²) in [7, 11) is -3.90. The number of anilines is 1. The third kappa shape index (κ3) is 5.52. The summed E-state index contributed by atoms with van der Waals surface area (Å²) >= 11 is 0. The van der Waals surface area contributed by atoms with Crippen LogP contribution in [0.1, 0.15) is 46.5 Å². The van der Waals surface area contributed by atoms with Crippen LogP contribution in [0.4, 0.5) is 5.69 Å². The predicted molar refractivity (Wildman–Crippen MR) is 128 cm³/mol. The van der Waals surface area contributed by atoms with Crippen LogP contribution in [-0.4, -0.2) is 14.3 Å². The summed E-state index contributed by atoms with van der Waals surface area (Å²) in [5, 5.41) is 16.8. The van der Waals surface area contributed by atoms with Crippen molar-refractivity contribution in [1.29, 1.82) is 5.26 Å². The van der Waals surface area contributed by atoms with E-state index < -0.39 is 15.9 Å². The van der Waals surface area contributed by atoms with Crippen LogP contribution in [-0.2, 0) is 15.4 Å². The lowest BCUT2D eigenvalue weighted by atomic mass is 9.86. The van der Waals surface area contributed by atoms with Crippen molar-refractivity contribution in [3.63, 3.8) is 0 Å². The molecule has 0 saturated carbocycles. The molecule has 3 rings (SSSR count). The molecule has 0 bridgehead atoms. The van der Waals surface area contributed by atoms with Crippen LogP contribution in [0.15, 0.2) is 71.6 Å². The molecular formula is C24H29N3O4S. The molecule has 0 radical (unpaired) electrons. The molecule has 0 saturated heterocycles. The number of nitriles is 1. The molecule has 1 amide bonds. The fourth-order valence-electron chi connectivity index (χ4n) is 2.93. The average molecular weight is 456 g/mol. The lowest BCUT2D eigenvalue weighted by Gasteiger charge is -2.21. The molecule has 0 aliphatic heterocycles. The molecule has 0 aliphatic rings. The predicted octanol–water partition coefficient (Wildman–Crippen LogP) is 5.29. The van der Waals surface area contributed by atoms with Gasteiger partial charge in [0.15, 0.2) is 0 Å². The van der Waals surface area contributed by atoms with Crippen molar-refractivity contribution in [1.82, 2.24) is 0 Å². The SMILES string of the molecule is CC(C)(C)c1ccc(C(=O)Nc2cccc(S(N)(=O)=O)c2)c(Oc2ccc(C#N)cc2)c1.[HH].[HH].[HH]. The fourth-order valence-corrected chi connectivity index (χ4v) is 3.49. The first-order valence-corrected chi connectivity index (χ1v) is 11.3. The molecule has 0 aliphatic carbocycles. The van der Waals surface area contributed by atoms with Crippen LogP contribution in [0.5, 0.6) is 11.5 Å². The summed E-state index contributed by atoms with van der Waals surface area (Å²) in [4.78, 5) is 12.9. The van der Waals surface area contributed by atoms with Gasteiger partial charge in [0.25, 0.3) is 5.91 Å². The Balaban J connectivity index is 0.00000385. The molecule has 8 heteroatoms. The smallest absolute Gasteiger partial charge is 0.259 e. The number of nitrogens with two attached hydrogens (primary N) is 1. The van der Waals surface area contributed by atoms with Crippen molar-refractivity contribution in [3.05, 3.63) is 83.4 Å². The van der Waals surface area contributed by atoms with Gasteiger partial charge in [-0.25, -0.2) is 13.6 Å². The summed E-state index contributed by atoms with van der Waals surface area (Å²) in [6, 6.07) is 19.6. The van der Waals surface area contributed by atoms with E-state index in [0.717, 1.165) is 5.56 Å². The van der Waals surface area contributed by atoms with Crippen LogP contribution in [0.2, 0.25) is 0 Å². The Morgan fingerprint density at radius 2 is 1.75 bits per heavy atom. The van der Waals surface area contributed by atoms with Crippen molar-refractivity contribution in [3.8, 4) is 17.6 Å². The molecule has 0 aromatic heterocycles. The first-order valence-electron chi connectivity index (χ1n) is 9.74. The lowest BCUT2D eigenvalue weighted by molar-refractivity contribution is 0.102. The van der Waals surface area contributed by atoms with Crippen LogP contribution in [0.25, 0.3) is 0 Å². The molecule has 0 unspecified atom stereocenters. The number of hydrogen-bond donors (Lipinski definition) is 2. The maximum atomic E-state index is 13.0. The Kier molecular flexibility index (Phi) is 6.35. The van der Waals surface area contributed by atoms with Crippen LogP contribution in [0.3, 0.4) is 0 Å². The minimum Gasteiger partial charge on any atom is -0.457 e. The van der Waals surface area contributed by atoms with Gasteiger partial charge in [0, 0.05) is 9.97 Å². The van der Waals surface area contributed by atoms with Gasteiger partial charge in [-0.1, -0.05) is 32.9 Å². The van der Waals surface area contributed by atoms with Crippen LogP contribution < -0.4 is 15.2 Å². The van der Waals surface area contributed by atoms with Crippen molar-refractivity contribution >= 4 is 21.6 Å². The third-order valence-electron chi connectivity index (χ3n) is 4.72. The number of sulfonamides is 1. The van der Waals surface area contributed by atoms with E-state index in [1.807, 2.05) is 32.9 Å². The minimum absolute atomic E-state index is 0. The number of ether oxygens (including phenoxy) is 1. The normalized spacial score (nSPS) is 11.5. The standard InChI is InChI=1S/C24H23N3O4S.3H2/c1-24(2,3)17-9-12-21(22(13-17)31-19-10-7-16(15-25)8-11-19)23(28)27-18-5-4-6-20(14-18)32(26,29)30;;;/h4-14H,1-3H3,(H,27,28)(H2,26,29,30);3*1H. The highest BCUT2D eigenvalue weighted by molar-refractivity contribution is 7.89. The van der Waals surface area contributed by atoms with Gasteiger partial charge in [0.05, 0.1) is 22.1 Å². The summed E-state index contributed by atoms with van der Waals surface area (Å²) < 4.78 is 29.2. The van der Waals surface area contributed by atoms with Crippen molar-refractivity contribution in [2.75, 3.05) is 5.32 Å². The highest BCUT2D eigenvalue weighted by Gasteiger charge is 2.20. The van der Waals surface area contributed by atoms with Gasteiger partial charge >= 0.3 is 0 Å². The topological polar surface area (TPSA) is 122 Å². The van der Waals surface area contributed by atoms with Gasteiger partial charge in [0.2, 0.25) is 10.0 Å². The van der Waals surface area contributed by atoms with E-state index in [2.05, 4.69) is 5.32 Å². The number of primary sulfonamides is 1. The monoisotopic (exact) mass is 455 g/mol. The summed E-state index contributed by atoms with van der Waals surface area (Å²) in [5.74, 6) is 0.336. The number of carbonyl (C=O) groups is 1. The molecule has 3 aromatic carbocycles. The van der Waals surface area contributed by atoms with E-state index in [4.69, 9.17) is 15.1 Å². The van der Waals surface area contributed by atoms with Gasteiger partial charge in [-0.15, -0.1) is 0 Å². The molecule has 0 fully saturated rings. The average Bonchev–Trinajstić information content (AvgIpc) is 2.73. The molecule has 32 heavy (non-hydrogen) atoms. The molecule has 0 heterocycles. The number of benzene rings is 3. The minimum atomic E-state index is -3.90. The summed E-state index contributed by atoms with van der Waals surface area (Å²) in [5.41, 5.74) is 1.83. The van der Waals surface area contributed by atoms with E-state index in [1.54, 1.807) is 42.5 Å². The highest BCUT2D eigenvalue weighted by Crippen LogP contribution is 2.32. The second kappa shape index (κ2) is 8.83. The maximum absolute atomic E-state index is 13.0. The Labute approximate surface area is 192 Å². The number of nitrogens with one attached hydrogen (secondary N) is 1. The van der Waals surface area contributed by atoms with Gasteiger partial charge < -0.3 is 10.1 Å². The molecule has 0 atom stereocenters. The van der Waals surface area contributed by atoms with E-state index in [0.29, 0.717) is 17.1 Å². The van der Waals surface area contributed by atoms with E-state index in [-0.39, 0.29) is 25.8 Å². The first kappa shape index (κ1) is 23.0. The number of nitrogens with zero attached hydrogens (tertiary/aromatic N) is 1. The van der Waals surface area contributed by atoms with Gasteiger partial charge in [-0.2, -0.15) is 5.26 Å².